The van der Waals surface area contributed by atoms with Crippen LogP contribution in [0.15, 0.2) is 18.2 Å². The van der Waals surface area contributed by atoms with Crippen LogP contribution in [0.1, 0.15) is 16.1 Å². The van der Waals surface area contributed by atoms with E-state index in [2.05, 4.69) is 4.37 Å². The van der Waals surface area contributed by atoms with Crippen LogP contribution in [-0.2, 0) is 0 Å². The lowest BCUT2D eigenvalue weighted by Gasteiger charge is -1.91. The van der Waals surface area contributed by atoms with Crippen molar-refractivity contribution in [2.24, 2.45) is 0 Å². The molecule has 0 saturated heterocycles. The van der Waals surface area contributed by atoms with Gasteiger partial charge in [-0.15, -0.1) is 0 Å². The number of aromatic nitrogens is 1. The van der Waals surface area contributed by atoms with Gasteiger partial charge in [0.1, 0.15) is 0 Å². The minimum absolute atomic E-state index is 0.734. The van der Waals surface area contributed by atoms with E-state index in [0.717, 1.165) is 27.6 Å². The van der Waals surface area contributed by atoms with Crippen molar-refractivity contribution in [2.75, 3.05) is 0 Å². The van der Waals surface area contributed by atoms with E-state index in [4.69, 9.17) is 0 Å². The van der Waals surface area contributed by atoms with Gasteiger partial charge in [0.15, 0.2) is 6.29 Å². The predicted octanol–water partition coefficient (Wildman–Crippen LogP) is 2.42. The normalized spacial score (nSPS) is 10.4. The molecule has 12 heavy (non-hydrogen) atoms. The maximum absolute atomic E-state index is 10.6. The fourth-order valence-electron chi connectivity index (χ4n) is 1.20. The number of carbonyl (C=O) groups excluding carboxylic acids is 1. The number of benzene rings is 1. The molecule has 0 aliphatic carbocycles. The summed E-state index contributed by atoms with van der Waals surface area (Å²) in [7, 11) is 0. The minimum atomic E-state index is 0.734. The van der Waals surface area contributed by atoms with E-state index in [-0.39, 0.29) is 0 Å². The van der Waals surface area contributed by atoms with Gasteiger partial charge in [0.05, 0.1) is 10.4 Å². The molecule has 0 bridgehead atoms. The van der Waals surface area contributed by atoms with Gasteiger partial charge >= 0.3 is 0 Å². The lowest BCUT2D eigenvalue weighted by Crippen LogP contribution is -1.78. The first-order valence-electron chi connectivity index (χ1n) is 3.63. The highest BCUT2D eigenvalue weighted by Gasteiger charge is 2.04. The van der Waals surface area contributed by atoms with Crippen LogP contribution in [0.3, 0.4) is 0 Å². The maximum Gasteiger partial charge on any atom is 0.151 e. The summed E-state index contributed by atoms with van der Waals surface area (Å²) in [6.45, 7) is 1.95. The van der Waals surface area contributed by atoms with E-state index >= 15 is 0 Å². The van der Waals surface area contributed by atoms with Crippen LogP contribution >= 0.6 is 11.5 Å². The summed E-state index contributed by atoms with van der Waals surface area (Å²) in [5, 5.41) is 1.09. The summed E-state index contributed by atoms with van der Waals surface area (Å²) in [4.78, 5) is 10.6. The second-order valence-corrected chi connectivity index (χ2v) is 3.38. The number of fused-ring (bicyclic) bond motifs is 1. The molecular formula is C9H7NOS. The molecule has 2 rings (SSSR count). The zero-order valence-corrected chi connectivity index (χ0v) is 7.39. The largest absolute Gasteiger partial charge is 0.298 e. The van der Waals surface area contributed by atoms with Crippen molar-refractivity contribution in [1.29, 1.82) is 0 Å². The smallest absolute Gasteiger partial charge is 0.151 e. The van der Waals surface area contributed by atoms with Gasteiger partial charge in [-0.3, -0.25) is 4.79 Å². The average molecular weight is 177 g/mol. The number of rotatable bonds is 1. The zero-order chi connectivity index (χ0) is 8.55. The van der Waals surface area contributed by atoms with Gasteiger partial charge < -0.3 is 0 Å². The van der Waals surface area contributed by atoms with Crippen LogP contribution in [0.4, 0.5) is 0 Å². The number of hydrogen-bond donors (Lipinski definition) is 0. The van der Waals surface area contributed by atoms with Crippen LogP contribution in [0.5, 0.6) is 0 Å². The second-order valence-electron chi connectivity index (χ2n) is 2.61. The first kappa shape index (κ1) is 7.43. The first-order valence-corrected chi connectivity index (χ1v) is 4.40. The highest BCUT2D eigenvalue weighted by molar-refractivity contribution is 7.13. The maximum atomic E-state index is 10.6. The molecule has 1 heterocycles. The molecule has 1 aromatic carbocycles. The van der Waals surface area contributed by atoms with E-state index in [1.54, 1.807) is 0 Å². The third kappa shape index (κ3) is 0.940. The van der Waals surface area contributed by atoms with Crippen LogP contribution in [0.25, 0.3) is 10.1 Å². The predicted molar refractivity (Wildman–Crippen MR) is 49.7 cm³/mol. The Labute approximate surface area is 74.0 Å². The lowest BCUT2D eigenvalue weighted by molar-refractivity contribution is 0.112. The van der Waals surface area contributed by atoms with Crippen LogP contribution in [-0.4, -0.2) is 10.7 Å². The topological polar surface area (TPSA) is 30.0 Å². The van der Waals surface area contributed by atoms with Crippen molar-refractivity contribution in [3.05, 3.63) is 29.5 Å². The van der Waals surface area contributed by atoms with E-state index < -0.39 is 0 Å². The molecule has 0 radical (unpaired) electrons. The Bertz CT molecular complexity index is 433. The fourth-order valence-corrected chi connectivity index (χ4v) is 2.06. The molecular weight excluding hydrogens is 170 g/mol. The molecule has 0 amide bonds. The molecule has 60 valence electrons. The molecule has 0 spiro atoms. The Balaban J connectivity index is 2.89. The van der Waals surface area contributed by atoms with Crippen molar-refractivity contribution in [1.82, 2.24) is 4.37 Å². The van der Waals surface area contributed by atoms with Crippen molar-refractivity contribution < 1.29 is 4.79 Å². The third-order valence-corrected chi connectivity index (χ3v) is 2.84. The number of hydrogen-bond acceptors (Lipinski definition) is 3. The Morgan fingerprint density at radius 2 is 2.33 bits per heavy atom. The summed E-state index contributed by atoms with van der Waals surface area (Å²) >= 11 is 1.38. The monoisotopic (exact) mass is 177 g/mol. The van der Waals surface area contributed by atoms with Gasteiger partial charge in [-0.2, -0.15) is 4.37 Å². The SMILES string of the molecule is Cc1nsc2c(C=O)cccc12. The van der Waals surface area contributed by atoms with Gasteiger partial charge in [-0.1, -0.05) is 18.2 Å². The number of aldehydes is 1. The number of carbonyl (C=O) groups is 1. The summed E-state index contributed by atoms with van der Waals surface area (Å²) < 4.78 is 5.18. The molecule has 1 aromatic heterocycles. The Morgan fingerprint density at radius 3 is 3.08 bits per heavy atom. The van der Waals surface area contributed by atoms with Crippen molar-refractivity contribution in [2.45, 2.75) is 6.92 Å². The standard InChI is InChI=1S/C9H7NOS/c1-6-8-4-2-3-7(5-11)9(8)12-10-6/h2-5H,1H3. The van der Waals surface area contributed by atoms with Crippen LogP contribution in [0, 0.1) is 6.92 Å². The van der Waals surface area contributed by atoms with Crippen LogP contribution in [0.2, 0.25) is 0 Å². The fraction of sp³-hybridized carbons (Fsp3) is 0.111. The molecule has 0 N–H and O–H groups in total. The van der Waals surface area contributed by atoms with Gasteiger partial charge in [0.25, 0.3) is 0 Å². The van der Waals surface area contributed by atoms with Gasteiger partial charge in [-0.25, -0.2) is 0 Å². The molecule has 0 unspecified atom stereocenters. The van der Waals surface area contributed by atoms with E-state index in [1.165, 1.54) is 11.5 Å². The number of nitrogens with zero attached hydrogens (tertiary/aromatic N) is 1. The first-order chi connectivity index (χ1) is 5.83. The highest BCUT2D eigenvalue weighted by Crippen LogP contribution is 2.24. The summed E-state index contributed by atoms with van der Waals surface area (Å²) in [6.07, 6.45) is 0.875. The summed E-state index contributed by atoms with van der Waals surface area (Å²) in [5.74, 6) is 0. The summed E-state index contributed by atoms with van der Waals surface area (Å²) in [6, 6.07) is 5.68. The second kappa shape index (κ2) is 2.68. The van der Waals surface area contributed by atoms with Crippen molar-refractivity contribution in [3.63, 3.8) is 0 Å². The Morgan fingerprint density at radius 1 is 1.50 bits per heavy atom. The minimum Gasteiger partial charge on any atom is -0.298 e. The van der Waals surface area contributed by atoms with E-state index in [1.807, 2.05) is 25.1 Å². The highest BCUT2D eigenvalue weighted by atomic mass is 32.1. The van der Waals surface area contributed by atoms with Crippen molar-refractivity contribution >= 4 is 27.9 Å². The van der Waals surface area contributed by atoms with Crippen molar-refractivity contribution in [3.8, 4) is 0 Å². The van der Waals surface area contributed by atoms with Gasteiger partial charge in [0, 0.05) is 10.9 Å². The molecule has 0 aliphatic rings. The third-order valence-electron chi connectivity index (χ3n) is 1.84. The molecule has 2 nitrogen and oxygen atoms in total. The Kier molecular flexibility index (Phi) is 1.66. The quantitative estimate of drug-likeness (QED) is 0.626. The van der Waals surface area contributed by atoms with Gasteiger partial charge in [-0.05, 0) is 18.5 Å². The molecule has 2 aromatic rings. The summed E-state index contributed by atoms with van der Waals surface area (Å²) in [5.41, 5.74) is 1.73. The molecule has 0 aliphatic heterocycles. The number of aryl methyl sites for hydroxylation is 1. The van der Waals surface area contributed by atoms with Gasteiger partial charge in [0.2, 0.25) is 0 Å². The Hall–Kier alpha value is -1.22. The van der Waals surface area contributed by atoms with E-state index in [0.29, 0.717) is 0 Å². The molecule has 0 fully saturated rings. The van der Waals surface area contributed by atoms with E-state index in [9.17, 15) is 4.79 Å². The average Bonchev–Trinajstić information content (AvgIpc) is 2.48. The van der Waals surface area contributed by atoms with Crippen LogP contribution < -0.4 is 0 Å². The molecule has 3 heteroatoms. The molecule has 0 saturated carbocycles. The lowest BCUT2D eigenvalue weighted by atomic mass is 10.1. The molecule has 0 atom stereocenters. The zero-order valence-electron chi connectivity index (χ0n) is 6.57.